The number of hydrogen-bond donors (Lipinski definition) is 0. The van der Waals surface area contributed by atoms with Crippen LogP contribution in [0.2, 0.25) is 0 Å². The fraction of sp³-hybridized carbons (Fsp3) is 1.00. The van der Waals surface area contributed by atoms with E-state index in [1.165, 1.54) is 173 Å². The van der Waals surface area contributed by atoms with Gasteiger partial charge in [0, 0.05) is 0 Å². The van der Waals surface area contributed by atoms with Crippen molar-refractivity contribution in [1.29, 1.82) is 0 Å². The molecule has 0 rings (SSSR count). The number of unbranched alkanes of at least 4 members (excludes halogenated alkanes) is 12. The van der Waals surface area contributed by atoms with Crippen LogP contribution < -0.4 is 0 Å². The van der Waals surface area contributed by atoms with Crippen molar-refractivity contribution in [1.82, 2.24) is 0 Å². The van der Waals surface area contributed by atoms with Crippen LogP contribution >= 0.6 is 0 Å². The number of hydrogen-bond acceptors (Lipinski definition) is 0. The normalized spacial score (nSPS) is 9.38. The smallest absolute Gasteiger partial charge is 0.0359 e. The lowest BCUT2D eigenvalue weighted by molar-refractivity contribution is 0.338. The van der Waals surface area contributed by atoms with Gasteiger partial charge in [-0.2, -0.15) is 0 Å². The first-order chi connectivity index (χ1) is 25.6. The fourth-order valence-electron chi connectivity index (χ4n) is 4.33. The molecule has 0 N–H and O–H groups in total. The first kappa shape index (κ1) is 120. The fourth-order valence-corrected chi connectivity index (χ4v) is 4.33. The Kier molecular flexibility index (Phi) is 224. The minimum atomic E-state index is 0. The zero-order valence-electron chi connectivity index (χ0n) is 43.9. The van der Waals surface area contributed by atoms with Gasteiger partial charge in [-0.25, -0.2) is 0 Å². The van der Waals surface area contributed by atoms with E-state index in [4.69, 9.17) is 0 Å². The van der Waals surface area contributed by atoms with Crippen molar-refractivity contribution in [3.8, 4) is 0 Å². The predicted molar refractivity (Wildman–Crippen MR) is 333 cm³/mol. The molecule has 0 saturated carbocycles. The van der Waals surface area contributed by atoms with Gasteiger partial charge in [0.25, 0.3) is 0 Å². The molecule has 0 aliphatic rings. The lowest BCUT2D eigenvalue weighted by Gasteiger charge is -2.18. The summed E-state index contributed by atoms with van der Waals surface area (Å²) >= 11 is 0. The SMILES string of the molecule is C.C.C.C.C.C.C.C.C.C.CCC(C)(C)CC.CCC(C)CC.CCCC(C)CC.CCCCC.CCCCC(C)CC.CCCCCC.CCCCCC(C)C.CCCCCCC. The van der Waals surface area contributed by atoms with Crippen molar-refractivity contribution in [3.05, 3.63) is 0 Å². The van der Waals surface area contributed by atoms with E-state index in [0.717, 1.165) is 23.7 Å². The van der Waals surface area contributed by atoms with Crippen molar-refractivity contribution in [3.63, 3.8) is 0 Å². The van der Waals surface area contributed by atoms with Gasteiger partial charge in [0.05, 0.1) is 0 Å². The Labute approximate surface area is 427 Å². The van der Waals surface area contributed by atoms with Crippen LogP contribution in [0.5, 0.6) is 0 Å². The molecule has 0 fully saturated rings. The third-order valence-corrected chi connectivity index (χ3v) is 10.8. The summed E-state index contributed by atoms with van der Waals surface area (Å²) in [6.45, 7) is 49.7. The van der Waals surface area contributed by atoms with E-state index in [9.17, 15) is 0 Å². The zero-order chi connectivity index (χ0) is 43.9. The summed E-state index contributed by atoms with van der Waals surface area (Å²) in [6, 6.07) is 0. The Morgan fingerprint density at radius 2 is 0.500 bits per heavy atom. The lowest BCUT2D eigenvalue weighted by atomic mass is 9.88. The van der Waals surface area contributed by atoms with Crippen LogP contribution in [0.15, 0.2) is 0 Å². The molecule has 0 amide bonds. The maximum Gasteiger partial charge on any atom is -0.0359 e. The summed E-state index contributed by atoms with van der Waals surface area (Å²) in [6.07, 6.45) is 37.1. The summed E-state index contributed by atoms with van der Waals surface area (Å²) in [5.41, 5.74) is 0.583. The molecule has 0 aromatic carbocycles. The molecule has 2 atom stereocenters. The van der Waals surface area contributed by atoms with Crippen LogP contribution in [-0.2, 0) is 0 Å². The van der Waals surface area contributed by atoms with E-state index >= 15 is 0 Å². The van der Waals surface area contributed by atoms with E-state index in [2.05, 4.69) is 152 Å². The highest BCUT2D eigenvalue weighted by atomic mass is 14.2. The average molecular weight is 934 g/mol. The number of rotatable bonds is 24. The van der Waals surface area contributed by atoms with Gasteiger partial charge < -0.3 is 0 Å². The van der Waals surface area contributed by atoms with Crippen LogP contribution in [0.4, 0.5) is 0 Å². The molecular weight excluding hydrogens is 769 g/mol. The van der Waals surface area contributed by atoms with Gasteiger partial charge in [-0.15, -0.1) is 0 Å². The second-order valence-corrected chi connectivity index (χ2v) is 17.8. The summed E-state index contributed by atoms with van der Waals surface area (Å²) in [7, 11) is 0. The van der Waals surface area contributed by atoms with Crippen molar-refractivity contribution in [2.75, 3.05) is 0 Å². The van der Waals surface area contributed by atoms with E-state index in [-0.39, 0.29) is 74.3 Å². The molecule has 0 bridgehead atoms. The maximum atomic E-state index is 2.33. The highest BCUT2D eigenvalue weighted by Gasteiger charge is 2.09. The van der Waals surface area contributed by atoms with Gasteiger partial charge in [0.15, 0.2) is 0 Å². The average Bonchev–Trinajstić information content (AvgIpc) is 3.18. The second kappa shape index (κ2) is 120. The molecule has 0 aromatic rings. The van der Waals surface area contributed by atoms with Gasteiger partial charge in [0.2, 0.25) is 0 Å². The standard InChI is InChI=1S/2C8H18.3C7H16.2C6H14.C5H12.10CH4/c1-4-5-6-7-8(2)3;1-4-6-7-8(3)5-2;1-5-7(3,4)6-2;1-4-6-7(3)5-2;1-3-5-7-6-4-2;1-4-6(3)5-2;1-3-5-6-4-2;1-3-5-4-2;;;;;;;;;;/h2*8H,4-7H2,1-3H3;5-6H2,1-4H3;7H,4-6H2,1-3H3;3-7H2,1-2H3;6H,4-5H2,1-3H3;3-6H2,1-2H3;3-5H2,1-2H3;10*1H4. The molecule has 0 radical (unpaired) electrons. The minimum Gasteiger partial charge on any atom is -0.0776 e. The summed E-state index contributed by atoms with van der Waals surface area (Å²) in [5.74, 6) is 3.74. The van der Waals surface area contributed by atoms with Crippen molar-refractivity contribution < 1.29 is 0 Å². The first-order valence-electron chi connectivity index (χ1n) is 25.6. The molecule has 2 unspecified atom stereocenters. The van der Waals surface area contributed by atoms with E-state index in [1.54, 1.807) is 0 Å². The molecule has 0 aliphatic heterocycles. The lowest BCUT2D eigenvalue weighted by Crippen LogP contribution is -2.05. The molecule has 0 aromatic heterocycles. The topological polar surface area (TPSA) is 0 Å². The molecule has 0 heteroatoms. The molecule has 0 nitrogen and oxygen atoms in total. The molecular formula is C64H164. The van der Waals surface area contributed by atoms with Crippen LogP contribution in [0, 0.1) is 29.1 Å². The van der Waals surface area contributed by atoms with Crippen molar-refractivity contribution >= 4 is 0 Å². The molecule has 0 spiro atoms. The van der Waals surface area contributed by atoms with Gasteiger partial charge in [-0.3, -0.25) is 0 Å². The summed E-state index contributed by atoms with van der Waals surface area (Å²) in [5, 5.41) is 0. The summed E-state index contributed by atoms with van der Waals surface area (Å²) < 4.78 is 0. The Morgan fingerprint density at radius 1 is 0.250 bits per heavy atom. The van der Waals surface area contributed by atoms with Gasteiger partial charge in [0.1, 0.15) is 0 Å². The van der Waals surface area contributed by atoms with Gasteiger partial charge in [-0.05, 0) is 29.1 Å². The Bertz CT molecular complexity index is 468. The Morgan fingerprint density at radius 3 is 0.656 bits per heavy atom. The van der Waals surface area contributed by atoms with Crippen LogP contribution in [0.3, 0.4) is 0 Å². The molecule has 420 valence electrons. The Balaban J connectivity index is -0.0000000232. The van der Waals surface area contributed by atoms with E-state index in [0.29, 0.717) is 5.41 Å². The Hall–Kier alpha value is 0. The van der Waals surface area contributed by atoms with E-state index in [1.807, 2.05) is 0 Å². The zero-order valence-corrected chi connectivity index (χ0v) is 43.9. The highest BCUT2D eigenvalue weighted by molar-refractivity contribution is 4.61. The monoisotopic (exact) mass is 933 g/mol. The minimum absolute atomic E-state index is 0. The van der Waals surface area contributed by atoms with Crippen LogP contribution in [0.25, 0.3) is 0 Å². The van der Waals surface area contributed by atoms with E-state index < -0.39 is 0 Å². The maximum absolute atomic E-state index is 2.33. The van der Waals surface area contributed by atoms with Gasteiger partial charge >= 0.3 is 0 Å². The van der Waals surface area contributed by atoms with Crippen LogP contribution in [0.1, 0.15) is 400 Å². The van der Waals surface area contributed by atoms with Crippen molar-refractivity contribution in [2.24, 2.45) is 29.1 Å². The molecule has 0 saturated heterocycles. The molecule has 64 heavy (non-hydrogen) atoms. The van der Waals surface area contributed by atoms with Gasteiger partial charge in [-0.1, -0.05) is 400 Å². The van der Waals surface area contributed by atoms with Crippen molar-refractivity contribution in [2.45, 2.75) is 400 Å². The van der Waals surface area contributed by atoms with Crippen LogP contribution in [-0.4, -0.2) is 0 Å². The molecule has 0 aliphatic carbocycles. The third-order valence-electron chi connectivity index (χ3n) is 10.8. The predicted octanol–water partition coefficient (Wildman–Crippen LogP) is 28.7. The first-order valence-corrected chi connectivity index (χ1v) is 25.6. The molecule has 0 heterocycles. The highest BCUT2D eigenvalue weighted by Crippen LogP contribution is 2.22. The largest absolute Gasteiger partial charge is 0.0776 e. The quantitative estimate of drug-likeness (QED) is 0.0846. The third kappa shape index (κ3) is 188. The summed E-state index contributed by atoms with van der Waals surface area (Å²) in [4.78, 5) is 0. The second-order valence-electron chi connectivity index (χ2n) is 17.8.